The van der Waals surface area contributed by atoms with E-state index in [0.29, 0.717) is 12.3 Å². The Kier molecular flexibility index (Phi) is 5.69. The number of hydrogen-bond acceptors (Lipinski definition) is 4. The highest BCUT2D eigenvalue weighted by atomic mass is 16.2. The fraction of sp³-hybridized carbons (Fsp3) is 0.625. The van der Waals surface area contributed by atoms with Crippen molar-refractivity contribution in [2.75, 3.05) is 26.2 Å². The summed E-state index contributed by atoms with van der Waals surface area (Å²) in [5.41, 5.74) is 3.32. The Hall–Kier alpha value is -2.41. The van der Waals surface area contributed by atoms with E-state index in [1.165, 1.54) is 19.3 Å². The average molecular weight is 424 g/mol. The van der Waals surface area contributed by atoms with Crippen LogP contribution in [0.15, 0.2) is 29.2 Å². The van der Waals surface area contributed by atoms with Crippen LogP contribution in [0.25, 0.3) is 0 Å². The number of aryl methyl sites for hydroxylation is 2. The summed E-state index contributed by atoms with van der Waals surface area (Å²) in [7, 11) is 1.92. The van der Waals surface area contributed by atoms with Crippen LogP contribution in [0, 0.1) is 5.92 Å². The number of rotatable bonds is 5. The smallest absolute Gasteiger partial charge is 0.255 e. The van der Waals surface area contributed by atoms with Gasteiger partial charge in [-0.2, -0.15) is 5.10 Å². The quantitative estimate of drug-likeness (QED) is 0.739. The molecule has 0 spiro atoms. The molecule has 3 aliphatic heterocycles. The first-order valence-corrected chi connectivity index (χ1v) is 11.8. The molecule has 0 unspecified atom stereocenters. The van der Waals surface area contributed by atoms with Gasteiger partial charge in [-0.25, -0.2) is 0 Å². The van der Waals surface area contributed by atoms with Gasteiger partial charge in [0.15, 0.2) is 0 Å². The van der Waals surface area contributed by atoms with Gasteiger partial charge in [0.25, 0.3) is 5.56 Å². The first-order chi connectivity index (χ1) is 15.1. The van der Waals surface area contributed by atoms with E-state index in [1.807, 2.05) is 33.3 Å². The molecule has 7 nitrogen and oxygen atoms in total. The van der Waals surface area contributed by atoms with Crippen molar-refractivity contribution >= 4 is 5.91 Å². The predicted octanol–water partition coefficient (Wildman–Crippen LogP) is 2.15. The molecule has 2 fully saturated rings. The molecule has 5 rings (SSSR count). The molecule has 2 aromatic heterocycles. The van der Waals surface area contributed by atoms with Gasteiger partial charge in [0, 0.05) is 68.7 Å². The highest BCUT2D eigenvalue weighted by Crippen LogP contribution is 2.35. The number of carbonyl (C=O) groups excluding carboxylic acids is 1. The van der Waals surface area contributed by atoms with Gasteiger partial charge in [-0.1, -0.05) is 12.5 Å². The summed E-state index contributed by atoms with van der Waals surface area (Å²) in [6.07, 6.45) is 7.87. The van der Waals surface area contributed by atoms with Crippen molar-refractivity contribution in [1.29, 1.82) is 0 Å². The third-order valence-electron chi connectivity index (χ3n) is 7.40. The van der Waals surface area contributed by atoms with E-state index in [9.17, 15) is 9.59 Å². The zero-order valence-corrected chi connectivity index (χ0v) is 18.5. The molecule has 31 heavy (non-hydrogen) atoms. The first-order valence-electron chi connectivity index (χ1n) is 11.8. The summed E-state index contributed by atoms with van der Waals surface area (Å²) < 4.78 is 3.86. The molecular formula is C24H33N5O2. The number of pyridine rings is 1. The van der Waals surface area contributed by atoms with Crippen molar-refractivity contribution in [3.63, 3.8) is 0 Å². The molecular weight excluding hydrogens is 390 g/mol. The maximum absolute atomic E-state index is 13.2. The van der Waals surface area contributed by atoms with Crippen LogP contribution in [0.1, 0.15) is 55.0 Å². The predicted molar refractivity (Wildman–Crippen MR) is 119 cm³/mol. The molecule has 2 atom stereocenters. The summed E-state index contributed by atoms with van der Waals surface area (Å²) >= 11 is 0. The number of aromatic nitrogens is 3. The van der Waals surface area contributed by atoms with E-state index in [2.05, 4.69) is 16.1 Å². The van der Waals surface area contributed by atoms with Crippen molar-refractivity contribution in [2.45, 2.75) is 57.5 Å². The van der Waals surface area contributed by atoms with Crippen molar-refractivity contribution in [1.82, 2.24) is 24.1 Å². The molecule has 0 radical (unpaired) electrons. The largest absolute Gasteiger partial charge is 0.342 e. The SMILES string of the molecule is Cn1nccc1CCC(=O)N1C[C@@H]2C[C@H](C1)c1ccc(CN3CCCCC3)c(=O)n1C2. The van der Waals surface area contributed by atoms with Gasteiger partial charge in [0.1, 0.15) is 0 Å². The Bertz CT molecular complexity index is 1000. The number of likely N-dealkylation sites (tertiary alicyclic amines) is 2. The molecule has 0 saturated carbocycles. The van der Waals surface area contributed by atoms with Gasteiger partial charge in [-0.15, -0.1) is 0 Å². The minimum absolute atomic E-state index is 0.189. The molecule has 0 aliphatic carbocycles. The minimum atomic E-state index is 0.189. The number of piperidine rings is 2. The third-order valence-corrected chi connectivity index (χ3v) is 7.40. The molecule has 0 aromatic carbocycles. The van der Waals surface area contributed by atoms with Gasteiger partial charge in [-0.05, 0) is 56.8 Å². The van der Waals surface area contributed by atoms with Gasteiger partial charge in [-0.3, -0.25) is 19.2 Å². The average Bonchev–Trinajstić information content (AvgIpc) is 3.19. The second-order valence-corrected chi connectivity index (χ2v) is 9.58. The Balaban J connectivity index is 1.27. The fourth-order valence-electron chi connectivity index (χ4n) is 5.71. The van der Waals surface area contributed by atoms with E-state index >= 15 is 0 Å². The second-order valence-electron chi connectivity index (χ2n) is 9.58. The zero-order valence-electron chi connectivity index (χ0n) is 18.5. The summed E-state index contributed by atoms with van der Waals surface area (Å²) in [6.45, 7) is 5.20. The summed E-state index contributed by atoms with van der Waals surface area (Å²) in [4.78, 5) is 30.6. The van der Waals surface area contributed by atoms with Crippen molar-refractivity contribution in [3.8, 4) is 0 Å². The van der Waals surface area contributed by atoms with E-state index in [-0.39, 0.29) is 17.4 Å². The lowest BCUT2D eigenvalue weighted by molar-refractivity contribution is -0.133. The van der Waals surface area contributed by atoms with Gasteiger partial charge < -0.3 is 9.47 Å². The molecule has 166 valence electrons. The van der Waals surface area contributed by atoms with Crippen LogP contribution in [0.2, 0.25) is 0 Å². The van der Waals surface area contributed by atoms with E-state index in [4.69, 9.17) is 0 Å². The molecule has 3 aliphatic rings. The monoisotopic (exact) mass is 423 g/mol. The Labute approximate surface area is 183 Å². The maximum atomic E-state index is 13.2. The molecule has 5 heterocycles. The van der Waals surface area contributed by atoms with Crippen LogP contribution >= 0.6 is 0 Å². The number of carbonyl (C=O) groups is 1. The van der Waals surface area contributed by atoms with Crippen LogP contribution < -0.4 is 5.56 Å². The van der Waals surface area contributed by atoms with Crippen LogP contribution in [-0.4, -0.2) is 56.2 Å². The molecule has 1 amide bonds. The lowest BCUT2D eigenvalue weighted by Crippen LogP contribution is -2.49. The molecule has 2 saturated heterocycles. The molecule has 7 heteroatoms. The first kappa shape index (κ1) is 20.5. The molecule has 2 bridgehead atoms. The van der Waals surface area contributed by atoms with Crippen molar-refractivity contribution in [2.24, 2.45) is 13.0 Å². The highest BCUT2D eigenvalue weighted by Gasteiger charge is 2.36. The van der Waals surface area contributed by atoms with Crippen molar-refractivity contribution in [3.05, 3.63) is 51.7 Å². The topological polar surface area (TPSA) is 63.4 Å². The van der Waals surface area contributed by atoms with Crippen LogP contribution in [-0.2, 0) is 31.4 Å². The van der Waals surface area contributed by atoms with E-state index < -0.39 is 0 Å². The fourth-order valence-corrected chi connectivity index (χ4v) is 5.71. The van der Waals surface area contributed by atoms with Gasteiger partial charge in [0.2, 0.25) is 5.91 Å². The molecule has 2 aromatic rings. The Morgan fingerprint density at radius 3 is 2.71 bits per heavy atom. The molecule has 0 N–H and O–H groups in total. The highest BCUT2D eigenvalue weighted by molar-refractivity contribution is 5.76. The minimum Gasteiger partial charge on any atom is -0.342 e. The lowest BCUT2D eigenvalue weighted by Gasteiger charge is -2.43. The summed E-state index contributed by atoms with van der Waals surface area (Å²) in [5.74, 6) is 0.855. The normalized spacial score (nSPS) is 23.6. The third kappa shape index (κ3) is 4.20. The number of fused-ring (bicyclic) bond motifs is 4. The van der Waals surface area contributed by atoms with E-state index in [0.717, 1.165) is 69.1 Å². The second kappa shape index (κ2) is 8.61. The number of hydrogen-bond donors (Lipinski definition) is 0. The summed E-state index contributed by atoms with van der Waals surface area (Å²) in [6, 6.07) is 6.18. The standard InChI is InChI=1S/C24H33N5O2/c1-26-21(9-10-25-26)6-8-23(30)28-14-18-13-20(17-28)22-7-5-19(24(31)29(22)15-18)16-27-11-3-2-4-12-27/h5,7,9-10,18,20H,2-4,6,8,11-17H2,1H3/t18-,20+/m0/s1. The van der Waals surface area contributed by atoms with Crippen LogP contribution in [0.3, 0.4) is 0 Å². The van der Waals surface area contributed by atoms with Gasteiger partial charge in [0.05, 0.1) is 0 Å². The van der Waals surface area contributed by atoms with Crippen LogP contribution in [0.5, 0.6) is 0 Å². The van der Waals surface area contributed by atoms with E-state index in [1.54, 1.807) is 6.20 Å². The van der Waals surface area contributed by atoms with Crippen molar-refractivity contribution < 1.29 is 4.79 Å². The van der Waals surface area contributed by atoms with Crippen LogP contribution in [0.4, 0.5) is 0 Å². The number of nitrogens with zero attached hydrogens (tertiary/aromatic N) is 5. The lowest BCUT2D eigenvalue weighted by atomic mass is 9.82. The zero-order chi connectivity index (χ0) is 21.4. The van der Waals surface area contributed by atoms with Gasteiger partial charge >= 0.3 is 0 Å². The summed E-state index contributed by atoms with van der Waals surface area (Å²) in [5, 5.41) is 4.19. The maximum Gasteiger partial charge on any atom is 0.255 e. The Morgan fingerprint density at radius 2 is 1.94 bits per heavy atom. The number of amides is 1. The Morgan fingerprint density at radius 1 is 1.10 bits per heavy atom.